The van der Waals surface area contributed by atoms with Gasteiger partial charge in [0, 0.05) is 16.5 Å². The number of hydrogen-bond donors (Lipinski definition) is 1. The highest BCUT2D eigenvalue weighted by Crippen LogP contribution is 2.25. The first-order chi connectivity index (χ1) is 8.58. The first-order valence-electron chi connectivity index (χ1n) is 5.44. The molecule has 0 aromatic heterocycles. The second kappa shape index (κ2) is 5.59. The summed E-state index contributed by atoms with van der Waals surface area (Å²) in [6.45, 7) is 0. The maximum atomic E-state index is 13.5. The normalized spacial score (nSPS) is 12.4. The molecular formula is C14H11BrF2O. The molecule has 0 amide bonds. The van der Waals surface area contributed by atoms with Crippen molar-refractivity contribution in [3.8, 4) is 0 Å². The monoisotopic (exact) mass is 312 g/mol. The topological polar surface area (TPSA) is 20.2 Å². The van der Waals surface area contributed by atoms with Crippen molar-refractivity contribution in [3.05, 3.63) is 69.7 Å². The van der Waals surface area contributed by atoms with Crippen LogP contribution < -0.4 is 0 Å². The fourth-order valence-electron chi connectivity index (χ4n) is 1.76. The molecule has 2 aromatic rings. The van der Waals surface area contributed by atoms with E-state index in [1.165, 1.54) is 24.3 Å². The lowest BCUT2D eigenvalue weighted by molar-refractivity contribution is 0.173. The molecule has 1 N–H and O–H groups in total. The van der Waals surface area contributed by atoms with E-state index in [2.05, 4.69) is 15.9 Å². The second-order valence-corrected chi connectivity index (χ2v) is 4.83. The number of halogens is 3. The van der Waals surface area contributed by atoms with Crippen molar-refractivity contribution in [1.29, 1.82) is 0 Å². The molecule has 1 nitrogen and oxygen atoms in total. The highest BCUT2D eigenvalue weighted by Gasteiger charge is 2.14. The summed E-state index contributed by atoms with van der Waals surface area (Å²) in [5.74, 6) is -0.841. The molecule has 0 radical (unpaired) electrons. The zero-order valence-electron chi connectivity index (χ0n) is 9.41. The number of aliphatic hydroxyl groups excluding tert-OH is 1. The Labute approximate surface area is 112 Å². The molecular weight excluding hydrogens is 302 g/mol. The van der Waals surface area contributed by atoms with E-state index in [0.717, 1.165) is 0 Å². The third-order valence-corrected chi connectivity index (χ3v) is 3.46. The van der Waals surface area contributed by atoms with E-state index in [4.69, 9.17) is 0 Å². The summed E-state index contributed by atoms with van der Waals surface area (Å²) in [6.07, 6.45) is -0.844. The Morgan fingerprint density at radius 2 is 1.83 bits per heavy atom. The molecule has 0 aliphatic heterocycles. The molecule has 0 aliphatic carbocycles. The third kappa shape index (κ3) is 2.94. The van der Waals surface area contributed by atoms with Crippen LogP contribution in [0, 0.1) is 11.6 Å². The Kier molecular flexibility index (Phi) is 4.09. The van der Waals surface area contributed by atoms with Gasteiger partial charge in [0.05, 0.1) is 6.10 Å². The summed E-state index contributed by atoms with van der Waals surface area (Å²) in [5.41, 5.74) is 0.819. The summed E-state index contributed by atoms with van der Waals surface area (Å²) in [6, 6.07) is 10.2. The maximum absolute atomic E-state index is 13.5. The lowest BCUT2D eigenvalue weighted by atomic mass is 10.0. The van der Waals surface area contributed by atoms with Crippen LogP contribution in [-0.4, -0.2) is 5.11 Å². The Morgan fingerprint density at radius 1 is 1.11 bits per heavy atom. The van der Waals surface area contributed by atoms with Gasteiger partial charge >= 0.3 is 0 Å². The van der Waals surface area contributed by atoms with Crippen LogP contribution in [0.25, 0.3) is 0 Å². The smallest absolute Gasteiger partial charge is 0.129 e. The van der Waals surface area contributed by atoms with Crippen molar-refractivity contribution in [2.45, 2.75) is 12.5 Å². The average Bonchev–Trinajstić information content (AvgIpc) is 2.34. The lowest BCUT2D eigenvalue weighted by Gasteiger charge is -2.13. The number of benzene rings is 2. The quantitative estimate of drug-likeness (QED) is 0.908. The molecule has 2 rings (SSSR count). The minimum atomic E-state index is -0.996. The first-order valence-corrected chi connectivity index (χ1v) is 6.23. The van der Waals surface area contributed by atoms with Crippen LogP contribution >= 0.6 is 15.9 Å². The van der Waals surface area contributed by atoms with Gasteiger partial charge in [0.15, 0.2) is 0 Å². The van der Waals surface area contributed by atoms with Crippen molar-refractivity contribution < 1.29 is 13.9 Å². The molecule has 0 spiro atoms. The number of rotatable bonds is 3. The second-order valence-electron chi connectivity index (χ2n) is 3.98. The molecule has 0 fully saturated rings. The summed E-state index contributed by atoms with van der Waals surface area (Å²) in [5, 5.41) is 9.99. The highest BCUT2D eigenvalue weighted by atomic mass is 79.9. The highest BCUT2D eigenvalue weighted by molar-refractivity contribution is 9.10. The van der Waals surface area contributed by atoms with Gasteiger partial charge in [-0.05, 0) is 29.8 Å². The lowest BCUT2D eigenvalue weighted by Crippen LogP contribution is -2.05. The minimum Gasteiger partial charge on any atom is -0.388 e. The van der Waals surface area contributed by atoms with Crippen LogP contribution in [0.5, 0.6) is 0 Å². The molecule has 0 saturated carbocycles. The molecule has 0 bridgehead atoms. The zero-order valence-corrected chi connectivity index (χ0v) is 11.0. The SMILES string of the molecule is OC(Cc1cc(F)ccc1Br)c1ccccc1F. The van der Waals surface area contributed by atoms with E-state index >= 15 is 0 Å². The van der Waals surface area contributed by atoms with Crippen LogP contribution in [0.2, 0.25) is 0 Å². The Morgan fingerprint density at radius 3 is 2.56 bits per heavy atom. The molecule has 4 heteroatoms. The first kappa shape index (κ1) is 13.2. The van der Waals surface area contributed by atoms with E-state index in [1.54, 1.807) is 18.2 Å². The van der Waals surface area contributed by atoms with E-state index in [0.29, 0.717) is 10.0 Å². The van der Waals surface area contributed by atoms with Crippen molar-refractivity contribution in [2.75, 3.05) is 0 Å². The van der Waals surface area contributed by atoms with Gasteiger partial charge in [-0.2, -0.15) is 0 Å². The van der Waals surface area contributed by atoms with Crippen LogP contribution in [0.15, 0.2) is 46.9 Å². The van der Waals surface area contributed by atoms with Crippen molar-refractivity contribution in [2.24, 2.45) is 0 Å². The van der Waals surface area contributed by atoms with Gasteiger partial charge < -0.3 is 5.11 Å². The fourth-order valence-corrected chi connectivity index (χ4v) is 2.17. The molecule has 94 valence electrons. The van der Waals surface area contributed by atoms with Gasteiger partial charge in [0.2, 0.25) is 0 Å². The van der Waals surface area contributed by atoms with Gasteiger partial charge in [-0.1, -0.05) is 34.1 Å². The zero-order chi connectivity index (χ0) is 13.1. The van der Waals surface area contributed by atoms with E-state index in [9.17, 15) is 13.9 Å². The predicted octanol–water partition coefficient (Wildman–Crippen LogP) is 4.00. The molecule has 18 heavy (non-hydrogen) atoms. The molecule has 0 heterocycles. The van der Waals surface area contributed by atoms with E-state index < -0.39 is 11.9 Å². The van der Waals surface area contributed by atoms with E-state index in [1.807, 2.05) is 0 Å². The fraction of sp³-hybridized carbons (Fsp3) is 0.143. The Hall–Kier alpha value is -1.26. The van der Waals surface area contributed by atoms with Crippen LogP contribution in [0.4, 0.5) is 8.78 Å². The number of hydrogen-bond acceptors (Lipinski definition) is 1. The van der Waals surface area contributed by atoms with Gasteiger partial charge in [0.25, 0.3) is 0 Å². The maximum Gasteiger partial charge on any atom is 0.129 e. The molecule has 1 unspecified atom stereocenters. The van der Waals surface area contributed by atoms with Gasteiger partial charge in [-0.15, -0.1) is 0 Å². The molecule has 0 aliphatic rings. The van der Waals surface area contributed by atoms with Crippen LogP contribution in [0.1, 0.15) is 17.2 Å². The molecule has 0 saturated heterocycles. The van der Waals surface area contributed by atoms with Gasteiger partial charge in [-0.25, -0.2) is 8.78 Å². The van der Waals surface area contributed by atoms with Gasteiger partial charge in [-0.3, -0.25) is 0 Å². The molecule has 1 atom stereocenters. The van der Waals surface area contributed by atoms with Crippen LogP contribution in [0.3, 0.4) is 0 Å². The Bertz CT molecular complexity index is 557. The number of aliphatic hydroxyl groups is 1. The average molecular weight is 313 g/mol. The summed E-state index contributed by atoms with van der Waals surface area (Å²) >= 11 is 3.28. The molecule has 2 aromatic carbocycles. The summed E-state index contributed by atoms with van der Waals surface area (Å²) in [7, 11) is 0. The Balaban J connectivity index is 2.24. The third-order valence-electron chi connectivity index (χ3n) is 2.69. The standard InChI is InChI=1S/C14H11BrF2O/c15-12-6-5-10(16)7-9(12)8-14(18)11-3-1-2-4-13(11)17/h1-7,14,18H,8H2. The van der Waals surface area contributed by atoms with Crippen LogP contribution in [-0.2, 0) is 6.42 Å². The predicted molar refractivity (Wildman–Crippen MR) is 69.2 cm³/mol. The minimum absolute atomic E-state index is 0.152. The largest absolute Gasteiger partial charge is 0.388 e. The van der Waals surface area contributed by atoms with Crippen molar-refractivity contribution >= 4 is 15.9 Å². The summed E-state index contributed by atoms with van der Waals surface area (Å²) < 4.78 is 27.3. The van der Waals surface area contributed by atoms with E-state index in [-0.39, 0.29) is 17.8 Å². The summed E-state index contributed by atoms with van der Waals surface area (Å²) in [4.78, 5) is 0. The van der Waals surface area contributed by atoms with Crippen molar-refractivity contribution in [3.63, 3.8) is 0 Å². The van der Waals surface area contributed by atoms with Crippen molar-refractivity contribution in [1.82, 2.24) is 0 Å². The van der Waals surface area contributed by atoms with Gasteiger partial charge in [0.1, 0.15) is 11.6 Å².